The van der Waals surface area contributed by atoms with E-state index in [-0.39, 0.29) is 11.8 Å². The summed E-state index contributed by atoms with van der Waals surface area (Å²) in [6, 6.07) is 4.09. The molecule has 0 saturated carbocycles. The second-order valence-corrected chi connectivity index (χ2v) is 14.6. The van der Waals surface area contributed by atoms with Crippen molar-refractivity contribution in [3.8, 4) is 0 Å². The van der Waals surface area contributed by atoms with Gasteiger partial charge >= 0.3 is 0 Å². The van der Waals surface area contributed by atoms with Gasteiger partial charge < -0.3 is 9.80 Å². The van der Waals surface area contributed by atoms with Crippen molar-refractivity contribution in [2.45, 2.75) is 90.9 Å². The summed E-state index contributed by atoms with van der Waals surface area (Å²) in [6.07, 6.45) is 14.2. The van der Waals surface area contributed by atoms with Crippen LogP contribution in [-0.2, 0) is 9.59 Å². The number of rotatable bonds is 14. The molecule has 2 aliphatic rings. The number of hydrogen-bond donors (Lipinski definition) is 0. The Morgan fingerprint density at radius 2 is 0.972 bits per heavy atom. The number of fused-ring (bicyclic) bond motifs is 2. The van der Waals surface area contributed by atoms with Gasteiger partial charge in [0, 0.05) is 13.1 Å². The number of anilines is 2. The van der Waals surface area contributed by atoms with Crippen molar-refractivity contribution in [3.05, 3.63) is 29.5 Å². The molecule has 4 nitrogen and oxygen atoms in total. The highest BCUT2D eigenvalue weighted by Gasteiger charge is 2.44. The summed E-state index contributed by atoms with van der Waals surface area (Å²) in [6.45, 7) is 5.86. The summed E-state index contributed by atoms with van der Waals surface area (Å²) < 4.78 is 1.99. The predicted molar refractivity (Wildman–Crippen MR) is 162 cm³/mol. The normalized spacial score (nSPS) is 17.0. The fourth-order valence-corrected chi connectivity index (χ4v) is 8.40. The smallest absolute Gasteiger partial charge is 0.260 e. The molecule has 8 heteroatoms. The van der Waals surface area contributed by atoms with Gasteiger partial charge in [-0.1, -0.05) is 78.1 Å². The van der Waals surface area contributed by atoms with E-state index in [9.17, 15) is 9.59 Å². The van der Waals surface area contributed by atoms with Crippen molar-refractivity contribution >= 4 is 88.9 Å². The van der Waals surface area contributed by atoms with E-state index in [0.29, 0.717) is 24.2 Å². The molecule has 0 radical (unpaired) electrons. The van der Waals surface area contributed by atoms with Crippen LogP contribution in [0.15, 0.2) is 19.7 Å². The fourth-order valence-electron chi connectivity index (χ4n) is 5.13. The van der Waals surface area contributed by atoms with Gasteiger partial charge in [0.2, 0.25) is 0 Å². The third kappa shape index (κ3) is 6.02. The zero-order valence-electron chi connectivity index (χ0n) is 21.3. The van der Waals surface area contributed by atoms with Gasteiger partial charge in [0.1, 0.15) is 0 Å². The summed E-state index contributed by atoms with van der Waals surface area (Å²) in [4.78, 5) is 33.3. The van der Waals surface area contributed by atoms with Gasteiger partial charge in [0.05, 0.1) is 39.8 Å². The van der Waals surface area contributed by atoms with Gasteiger partial charge in [-0.25, -0.2) is 0 Å². The third-order valence-electron chi connectivity index (χ3n) is 7.04. The molecule has 0 unspecified atom stereocenters. The predicted octanol–water partition coefficient (Wildman–Crippen LogP) is 9.66. The number of halogens is 2. The zero-order valence-corrected chi connectivity index (χ0v) is 26.1. The molecular weight excluding hydrogens is 620 g/mol. The molecule has 4 heterocycles. The van der Waals surface area contributed by atoms with Gasteiger partial charge in [-0.2, -0.15) is 0 Å². The molecule has 0 saturated heterocycles. The molecule has 0 bridgehead atoms. The second kappa shape index (κ2) is 13.2. The maximum atomic E-state index is 13.8. The van der Waals surface area contributed by atoms with E-state index in [1.165, 1.54) is 51.4 Å². The van der Waals surface area contributed by atoms with Crippen LogP contribution >= 0.6 is 54.5 Å². The Morgan fingerprint density at radius 3 is 1.36 bits per heavy atom. The van der Waals surface area contributed by atoms with E-state index in [1.807, 2.05) is 21.9 Å². The number of carbonyl (C=O) groups excluding carboxylic acids is 2. The van der Waals surface area contributed by atoms with Crippen LogP contribution in [0.25, 0.3) is 11.1 Å². The molecule has 0 N–H and O–H groups in total. The maximum Gasteiger partial charge on any atom is 0.260 e. The third-order valence-corrected chi connectivity index (χ3v) is 10.3. The fraction of sp³-hybridized carbons (Fsp3) is 0.571. The van der Waals surface area contributed by atoms with E-state index < -0.39 is 0 Å². The first kappa shape index (κ1) is 28.1. The van der Waals surface area contributed by atoms with Crippen LogP contribution in [0.4, 0.5) is 11.4 Å². The van der Waals surface area contributed by atoms with Crippen LogP contribution in [0.3, 0.4) is 0 Å². The van der Waals surface area contributed by atoms with Crippen molar-refractivity contribution in [1.82, 2.24) is 0 Å². The number of carbonyl (C=O) groups is 2. The van der Waals surface area contributed by atoms with Crippen molar-refractivity contribution in [2.24, 2.45) is 0 Å². The van der Waals surface area contributed by atoms with Gasteiger partial charge in [0.15, 0.2) is 0 Å². The molecule has 0 spiro atoms. The Hall–Kier alpha value is -0.960. The maximum absolute atomic E-state index is 13.8. The molecule has 4 rings (SSSR count). The van der Waals surface area contributed by atoms with Crippen LogP contribution in [0.1, 0.15) is 101 Å². The van der Waals surface area contributed by atoms with Gasteiger partial charge in [-0.3, -0.25) is 9.59 Å². The average Bonchev–Trinajstić information content (AvgIpc) is 3.54. The molecule has 0 atom stereocenters. The Balaban J connectivity index is 1.56. The number of nitrogens with zero attached hydrogens (tertiary/aromatic N) is 2. The highest BCUT2D eigenvalue weighted by Crippen LogP contribution is 2.53. The molecule has 0 aliphatic carbocycles. The van der Waals surface area contributed by atoms with Crippen LogP contribution < -0.4 is 9.80 Å². The Bertz CT molecular complexity index is 1030. The van der Waals surface area contributed by atoms with Gasteiger partial charge in [-0.15, -0.1) is 22.7 Å². The molecule has 2 aromatic heterocycles. The van der Waals surface area contributed by atoms with Crippen LogP contribution in [0.5, 0.6) is 0 Å². The number of hydrogen-bond acceptors (Lipinski definition) is 4. The molecule has 2 aliphatic heterocycles. The molecule has 0 aromatic carbocycles. The monoisotopic (exact) mass is 654 g/mol. The molecule has 196 valence electrons. The largest absolute Gasteiger partial charge is 0.307 e. The number of unbranched alkanes of at least 4 members (excludes halogenated alkanes) is 10. The van der Waals surface area contributed by atoms with Crippen LogP contribution in [0, 0.1) is 0 Å². The Morgan fingerprint density at radius 1 is 0.611 bits per heavy atom. The molecule has 2 aromatic rings. The lowest BCUT2D eigenvalue weighted by atomic mass is 10.1. The zero-order chi connectivity index (χ0) is 25.7. The van der Waals surface area contributed by atoms with Crippen molar-refractivity contribution in [3.63, 3.8) is 0 Å². The van der Waals surface area contributed by atoms with Crippen molar-refractivity contribution in [1.29, 1.82) is 0 Å². The number of thiophene rings is 2. The minimum Gasteiger partial charge on any atom is -0.307 e. The first-order valence-electron chi connectivity index (χ1n) is 13.4. The van der Waals surface area contributed by atoms with E-state index in [1.54, 1.807) is 22.7 Å². The highest BCUT2D eigenvalue weighted by molar-refractivity contribution is 9.11. The lowest BCUT2D eigenvalue weighted by molar-refractivity contribution is -0.114. The Labute approximate surface area is 240 Å². The summed E-state index contributed by atoms with van der Waals surface area (Å²) in [7, 11) is 0. The standard InChI is InChI=1S/C28H36Br2N2O2S2/c1-3-5-7-9-11-13-15-31-19-17-21(29)35-25(19)23(27(31)33)24-26-20(18-22(30)36-26)32(28(24)34)16-14-12-10-8-6-4-2/h17-18H,3-16H2,1-2H3/b24-23-. The lowest BCUT2D eigenvalue weighted by Crippen LogP contribution is -2.30. The lowest BCUT2D eigenvalue weighted by Gasteiger charge is -2.17. The number of amides is 2. The second-order valence-electron chi connectivity index (χ2n) is 9.73. The minimum absolute atomic E-state index is 0.0162. The molecule has 36 heavy (non-hydrogen) atoms. The van der Waals surface area contributed by atoms with E-state index in [4.69, 9.17) is 0 Å². The van der Waals surface area contributed by atoms with Gasteiger partial charge in [0.25, 0.3) is 11.8 Å². The quantitative estimate of drug-likeness (QED) is 0.150. The summed E-state index contributed by atoms with van der Waals surface area (Å²) in [5, 5.41) is 0. The molecule has 0 fully saturated rings. The van der Waals surface area contributed by atoms with Crippen molar-refractivity contribution < 1.29 is 9.59 Å². The Kier molecular flexibility index (Phi) is 10.3. The van der Waals surface area contributed by atoms with E-state index in [2.05, 4.69) is 45.7 Å². The summed E-state index contributed by atoms with van der Waals surface area (Å²) in [5.41, 5.74) is 3.09. The average molecular weight is 657 g/mol. The SMILES string of the molecule is CCCCCCCCN1C(=O)/C(=C2\C(=O)N(CCCCCCCC)c3cc(Br)sc32)c2sc(Br)cc21. The van der Waals surface area contributed by atoms with Crippen molar-refractivity contribution in [2.75, 3.05) is 22.9 Å². The first-order valence-corrected chi connectivity index (χ1v) is 16.7. The van der Waals surface area contributed by atoms with E-state index >= 15 is 0 Å². The summed E-state index contributed by atoms with van der Waals surface area (Å²) >= 11 is 10.4. The highest BCUT2D eigenvalue weighted by atomic mass is 79.9. The summed E-state index contributed by atoms with van der Waals surface area (Å²) in [5.74, 6) is -0.0323. The van der Waals surface area contributed by atoms with Crippen LogP contribution in [-0.4, -0.2) is 24.9 Å². The van der Waals surface area contributed by atoms with Gasteiger partial charge in [-0.05, 0) is 56.8 Å². The topological polar surface area (TPSA) is 40.6 Å². The minimum atomic E-state index is -0.0162. The first-order chi connectivity index (χ1) is 17.5. The van der Waals surface area contributed by atoms with E-state index in [0.717, 1.165) is 54.4 Å². The molecular formula is C28H36Br2N2O2S2. The van der Waals surface area contributed by atoms with Crippen LogP contribution in [0.2, 0.25) is 0 Å². The molecule has 2 amide bonds.